The van der Waals surface area contributed by atoms with E-state index in [0.717, 1.165) is 12.3 Å². The molecule has 0 heterocycles. The molecule has 0 atom stereocenters. The average molecular weight is 241 g/mol. The van der Waals surface area contributed by atoms with E-state index in [9.17, 15) is 9.18 Å². The number of primary amides is 1. The second-order valence-electron chi connectivity index (χ2n) is 2.96. The lowest BCUT2D eigenvalue weighted by Crippen LogP contribution is -2.24. The molecule has 0 bridgehead atoms. The Labute approximate surface area is 97.2 Å². The van der Waals surface area contributed by atoms with Gasteiger partial charge in [0.05, 0.1) is 20.4 Å². The molecule has 0 aliphatic rings. The van der Waals surface area contributed by atoms with Gasteiger partial charge in [-0.3, -0.25) is 0 Å². The summed E-state index contributed by atoms with van der Waals surface area (Å²) in [6, 6.07) is 1.72. The van der Waals surface area contributed by atoms with Gasteiger partial charge in [-0.15, -0.1) is 0 Å². The molecule has 1 aromatic carbocycles. The Morgan fingerprint density at radius 2 is 2.00 bits per heavy atom. The minimum absolute atomic E-state index is 0.136. The summed E-state index contributed by atoms with van der Waals surface area (Å²) in [4.78, 5) is 10.4. The van der Waals surface area contributed by atoms with Crippen LogP contribution in [0, 0.1) is 5.82 Å². The maximum atomic E-state index is 13.5. The number of methoxy groups -OCH3 is 2. The van der Waals surface area contributed by atoms with Crippen molar-refractivity contribution in [3.63, 3.8) is 0 Å². The summed E-state index contributed by atoms with van der Waals surface area (Å²) >= 11 is 0. The molecule has 0 aliphatic carbocycles. The molecule has 2 amide bonds. The number of ether oxygens (including phenoxy) is 2. The van der Waals surface area contributed by atoms with Crippen molar-refractivity contribution in [3.8, 4) is 11.5 Å². The number of hydrazone groups is 1. The Hall–Kier alpha value is -2.31. The van der Waals surface area contributed by atoms with Crippen molar-refractivity contribution in [2.75, 3.05) is 14.2 Å². The van der Waals surface area contributed by atoms with Crippen LogP contribution in [-0.4, -0.2) is 26.5 Å². The Morgan fingerprint density at radius 3 is 2.53 bits per heavy atom. The number of urea groups is 1. The predicted molar refractivity (Wildman–Crippen MR) is 59.8 cm³/mol. The topological polar surface area (TPSA) is 85.9 Å². The quantitative estimate of drug-likeness (QED) is 0.605. The second-order valence-corrected chi connectivity index (χ2v) is 2.96. The lowest BCUT2D eigenvalue weighted by atomic mass is 10.2. The Kier molecular flexibility index (Phi) is 4.27. The minimum Gasteiger partial charge on any atom is -0.493 e. The molecule has 0 spiro atoms. The normalized spacial score (nSPS) is 10.3. The first-order valence-corrected chi connectivity index (χ1v) is 4.58. The number of amides is 2. The van der Waals surface area contributed by atoms with E-state index < -0.39 is 11.8 Å². The van der Waals surface area contributed by atoms with Crippen LogP contribution in [0.4, 0.5) is 9.18 Å². The van der Waals surface area contributed by atoms with E-state index in [2.05, 4.69) is 5.10 Å². The van der Waals surface area contributed by atoms with Crippen LogP contribution in [-0.2, 0) is 0 Å². The van der Waals surface area contributed by atoms with Crippen LogP contribution in [0.2, 0.25) is 0 Å². The van der Waals surface area contributed by atoms with E-state index in [1.165, 1.54) is 20.3 Å². The second kappa shape index (κ2) is 5.69. The highest BCUT2D eigenvalue weighted by molar-refractivity contribution is 5.82. The van der Waals surface area contributed by atoms with E-state index in [1.54, 1.807) is 0 Å². The zero-order valence-electron chi connectivity index (χ0n) is 9.36. The fourth-order valence-electron chi connectivity index (χ4n) is 1.13. The number of hydrogen-bond donors (Lipinski definition) is 2. The highest BCUT2D eigenvalue weighted by Crippen LogP contribution is 2.28. The van der Waals surface area contributed by atoms with Gasteiger partial charge in [0.1, 0.15) is 5.82 Å². The van der Waals surface area contributed by atoms with Crippen molar-refractivity contribution in [1.82, 2.24) is 5.43 Å². The predicted octanol–water partition coefficient (Wildman–Crippen LogP) is 0.845. The van der Waals surface area contributed by atoms with E-state index >= 15 is 0 Å². The zero-order chi connectivity index (χ0) is 12.8. The molecule has 0 aliphatic heterocycles. The summed E-state index contributed by atoms with van der Waals surface area (Å²) in [6.07, 6.45) is 1.11. The van der Waals surface area contributed by atoms with Gasteiger partial charge in [-0.25, -0.2) is 14.6 Å². The van der Waals surface area contributed by atoms with Crippen molar-refractivity contribution >= 4 is 12.2 Å². The third kappa shape index (κ3) is 3.33. The van der Waals surface area contributed by atoms with E-state index in [4.69, 9.17) is 15.2 Å². The Morgan fingerprint density at radius 1 is 1.41 bits per heavy atom. The maximum absolute atomic E-state index is 13.5. The molecular formula is C10H12FN3O3. The summed E-state index contributed by atoms with van der Waals surface area (Å²) in [6.45, 7) is 0. The van der Waals surface area contributed by atoms with Gasteiger partial charge in [0.25, 0.3) is 0 Å². The van der Waals surface area contributed by atoms with Crippen molar-refractivity contribution in [2.45, 2.75) is 0 Å². The molecule has 0 unspecified atom stereocenters. The van der Waals surface area contributed by atoms with Crippen LogP contribution in [0.1, 0.15) is 5.56 Å². The van der Waals surface area contributed by atoms with Gasteiger partial charge < -0.3 is 15.2 Å². The molecule has 6 nitrogen and oxygen atoms in total. The molecule has 0 saturated carbocycles. The van der Waals surface area contributed by atoms with Crippen molar-refractivity contribution in [3.05, 3.63) is 23.5 Å². The Balaban J connectivity index is 3.00. The molecule has 17 heavy (non-hydrogen) atoms. The molecule has 1 rings (SSSR count). The van der Waals surface area contributed by atoms with Crippen LogP contribution in [0.15, 0.2) is 17.2 Å². The third-order valence-electron chi connectivity index (χ3n) is 1.88. The van der Waals surface area contributed by atoms with E-state index in [1.807, 2.05) is 5.43 Å². The highest BCUT2D eigenvalue weighted by Gasteiger charge is 2.09. The van der Waals surface area contributed by atoms with Gasteiger partial charge >= 0.3 is 6.03 Å². The molecule has 1 aromatic rings. The standard InChI is InChI=1S/C10H12FN3O3/c1-16-8-3-6(5-13-14-10(12)15)7(11)4-9(8)17-2/h3-5H,1-2H3,(H3,12,14,15). The fourth-order valence-corrected chi connectivity index (χ4v) is 1.13. The highest BCUT2D eigenvalue weighted by atomic mass is 19.1. The average Bonchev–Trinajstić information content (AvgIpc) is 2.30. The monoisotopic (exact) mass is 241 g/mol. The van der Waals surface area contributed by atoms with Crippen molar-refractivity contribution < 1.29 is 18.7 Å². The van der Waals surface area contributed by atoms with Crippen LogP contribution >= 0.6 is 0 Å². The molecule has 0 aromatic heterocycles. The number of nitrogens with zero attached hydrogens (tertiary/aromatic N) is 1. The number of rotatable bonds is 4. The van der Waals surface area contributed by atoms with Gasteiger partial charge in [-0.05, 0) is 6.07 Å². The number of nitrogens with one attached hydrogen (secondary N) is 1. The Bertz CT molecular complexity index is 449. The van der Waals surface area contributed by atoms with Gasteiger partial charge in [-0.2, -0.15) is 5.10 Å². The summed E-state index contributed by atoms with van der Waals surface area (Å²) in [5, 5.41) is 3.45. The largest absolute Gasteiger partial charge is 0.493 e. The molecule has 0 fully saturated rings. The number of benzene rings is 1. The number of hydrogen-bond acceptors (Lipinski definition) is 4. The van der Waals surface area contributed by atoms with Gasteiger partial charge in [0.2, 0.25) is 0 Å². The summed E-state index contributed by atoms with van der Waals surface area (Å²) in [5.41, 5.74) is 6.89. The lowest BCUT2D eigenvalue weighted by molar-refractivity contribution is 0.249. The van der Waals surface area contributed by atoms with Gasteiger partial charge in [-0.1, -0.05) is 0 Å². The van der Waals surface area contributed by atoms with Gasteiger partial charge in [0.15, 0.2) is 11.5 Å². The maximum Gasteiger partial charge on any atom is 0.332 e. The van der Waals surface area contributed by atoms with Gasteiger partial charge in [0, 0.05) is 11.6 Å². The first kappa shape index (κ1) is 12.8. The van der Waals surface area contributed by atoms with Crippen LogP contribution in [0.3, 0.4) is 0 Å². The molecule has 0 saturated heterocycles. The smallest absolute Gasteiger partial charge is 0.332 e. The summed E-state index contributed by atoms with van der Waals surface area (Å²) in [7, 11) is 2.83. The fraction of sp³-hybridized carbons (Fsp3) is 0.200. The minimum atomic E-state index is -0.831. The van der Waals surface area contributed by atoms with Crippen LogP contribution < -0.4 is 20.6 Å². The van der Waals surface area contributed by atoms with E-state index in [-0.39, 0.29) is 11.3 Å². The van der Waals surface area contributed by atoms with Crippen molar-refractivity contribution in [1.29, 1.82) is 0 Å². The van der Waals surface area contributed by atoms with Crippen molar-refractivity contribution in [2.24, 2.45) is 10.8 Å². The number of carbonyl (C=O) groups excluding carboxylic acids is 1. The number of nitrogens with two attached hydrogens (primary N) is 1. The first-order valence-electron chi connectivity index (χ1n) is 4.58. The molecule has 7 heteroatoms. The SMILES string of the molecule is COc1cc(F)c(C=NNC(N)=O)cc1OC. The van der Waals surface area contributed by atoms with E-state index in [0.29, 0.717) is 5.75 Å². The van der Waals surface area contributed by atoms with Crippen LogP contribution in [0.25, 0.3) is 0 Å². The third-order valence-corrected chi connectivity index (χ3v) is 1.88. The lowest BCUT2D eigenvalue weighted by Gasteiger charge is -2.08. The number of carbonyl (C=O) groups is 1. The summed E-state index contributed by atoms with van der Waals surface area (Å²) in [5.74, 6) is 0.0668. The molecule has 92 valence electrons. The first-order chi connectivity index (χ1) is 8.08. The van der Waals surface area contributed by atoms with Crippen LogP contribution in [0.5, 0.6) is 11.5 Å². The molecular weight excluding hydrogens is 229 g/mol. The molecule has 3 N–H and O–H groups in total. The zero-order valence-corrected chi connectivity index (χ0v) is 9.36. The number of halogens is 1. The summed E-state index contributed by atoms with van der Waals surface area (Å²) < 4.78 is 23.4. The molecule has 0 radical (unpaired) electrons.